The van der Waals surface area contributed by atoms with Crippen LogP contribution < -0.4 is 5.46 Å². The summed E-state index contributed by atoms with van der Waals surface area (Å²) in [6, 6.07) is 7.04. The fraction of sp³-hybridized carbons (Fsp3) is 0.250. The molecule has 0 amide bonds. The molecule has 1 saturated heterocycles. The molecule has 1 aliphatic rings. The van der Waals surface area contributed by atoms with Crippen LogP contribution in [0.3, 0.4) is 0 Å². The van der Waals surface area contributed by atoms with Crippen molar-refractivity contribution in [2.75, 3.05) is 13.2 Å². The number of para-hydroxylation sites is 1. The molecule has 2 rings (SSSR count). The summed E-state index contributed by atoms with van der Waals surface area (Å²) in [6.07, 6.45) is 0. The van der Waals surface area contributed by atoms with Gasteiger partial charge >= 0.3 is 7.12 Å². The van der Waals surface area contributed by atoms with E-state index >= 15 is 0 Å². The number of phenols is 1. The van der Waals surface area contributed by atoms with Gasteiger partial charge in [0.2, 0.25) is 0 Å². The molecule has 1 aliphatic heterocycles. The summed E-state index contributed by atoms with van der Waals surface area (Å²) >= 11 is 0. The van der Waals surface area contributed by atoms with Crippen LogP contribution in [0.15, 0.2) is 24.3 Å². The number of hydrogen-bond donors (Lipinski definition) is 1. The lowest BCUT2D eigenvalue weighted by molar-refractivity contribution is 0.365. The summed E-state index contributed by atoms with van der Waals surface area (Å²) in [5, 5.41) is 9.41. The Morgan fingerprint density at radius 1 is 1.17 bits per heavy atom. The predicted molar refractivity (Wildman–Crippen MR) is 45.4 cm³/mol. The lowest BCUT2D eigenvalue weighted by atomic mass is 9.79. The lowest BCUT2D eigenvalue weighted by Crippen LogP contribution is -2.31. The number of rotatable bonds is 1. The van der Waals surface area contributed by atoms with Crippen LogP contribution in [-0.4, -0.2) is 25.4 Å². The van der Waals surface area contributed by atoms with Crippen LogP contribution in [0.4, 0.5) is 0 Å². The molecule has 1 fully saturated rings. The maximum absolute atomic E-state index is 9.41. The smallest absolute Gasteiger partial charge is 0.497 e. The van der Waals surface area contributed by atoms with Crippen LogP contribution in [-0.2, 0) is 9.31 Å². The molecular weight excluding hydrogens is 155 g/mol. The molecule has 0 radical (unpaired) electrons. The van der Waals surface area contributed by atoms with Crippen LogP contribution in [0.5, 0.6) is 5.75 Å². The Labute approximate surface area is 71.1 Å². The molecule has 3 nitrogen and oxygen atoms in total. The summed E-state index contributed by atoms with van der Waals surface area (Å²) in [5.41, 5.74) is 0.704. The zero-order chi connectivity index (χ0) is 8.39. The van der Waals surface area contributed by atoms with Gasteiger partial charge in [-0.3, -0.25) is 0 Å². The fourth-order valence-electron chi connectivity index (χ4n) is 1.22. The Hall–Kier alpha value is -0.995. The summed E-state index contributed by atoms with van der Waals surface area (Å²) in [7, 11) is -0.383. The average molecular weight is 164 g/mol. The maximum Gasteiger partial charge on any atom is 0.497 e. The van der Waals surface area contributed by atoms with Gasteiger partial charge in [-0.1, -0.05) is 18.2 Å². The average Bonchev–Trinajstić information content (AvgIpc) is 2.57. The molecule has 0 aromatic heterocycles. The molecule has 0 spiro atoms. The summed E-state index contributed by atoms with van der Waals surface area (Å²) in [4.78, 5) is 0. The van der Waals surface area contributed by atoms with Crippen molar-refractivity contribution in [1.82, 2.24) is 0 Å². The van der Waals surface area contributed by atoms with Gasteiger partial charge in [-0.2, -0.15) is 0 Å². The van der Waals surface area contributed by atoms with Crippen LogP contribution in [0, 0.1) is 0 Å². The second-order valence-corrected chi connectivity index (χ2v) is 2.63. The third kappa shape index (κ3) is 1.31. The second-order valence-electron chi connectivity index (χ2n) is 2.63. The summed E-state index contributed by atoms with van der Waals surface area (Å²) < 4.78 is 10.5. The molecule has 0 unspecified atom stereocenters. The highest BCUT2D eigenvalue weighted by Crippen LogP contribution is 2.08. The molecule has 0 bridgehead atoms. The SMILES string of the molecule is Oc1ccccc1B1OCCO1. The monoisotopic (exact) mass is 164 g/mol. The van der Waals surface area contributed by atoms with E-state index in [4.69, 9.17) is 9.31 Å². The molecule has 0 atom stereocenters. The zero-order valence-corrected chi connectivity index (χ0v) is 6.56. The van der Waals surface area contributed by atoms with Gasteiger partial charge < -0.3 is 14.4 Å². The van der Waals surface area contributed by atoms with Crippen molar-refractivity contribution in [2.24, 2.45) is 0 Å². The van der Waals surface area contributed by atoms with Crippen molar-refractivity contribution in [2.45, 2.75) is 0 Å². The number of aromatic hydroxyl groups is 1. The fourth-order valence-corrected chi connectivity index (χ4v) is 1.22. The number of hydrogen-bond acceptors (Lipinski definition) is 3. The molecular formula is C8H9BO3. The molecule has 0 aliphatic carbocycles. The van der Waals surface area contributed by atoms with Gasteiger partial charge in [0, 0.05) is 5.46 Å². The lowest BCUT2D eigenvalue weighted by Gasteiger charge is -2.05. The first-order valence-corrected chi connectivity index (χ1v) is 3.89. The quantitative estimate of drug-likeness (QED) is 0.599. The molecule has 62 valence electrons. The molecule has 1 aromatic carbocycles. The molecule has 1 N–H and O–H groups in total. The maximum atomic E-state index is 9.41. The minimum atomic E-state index is -0.383. The minimum Gasteiger partial charge on any atom is -0.508 e. The highest BCUT2D eigenvalue weighted by Gasteiger charge is 2.28. The largest absolute Gasteiger partial charge is 0.508 e. The van der Waals surface area contributed by atoms with E-state index in [-0.39, 0.29) is 12.9 Å². The van der Waals surface area contributed by atoms with Gasteiger partial charge in [0.25, 0.3) is 0 Å². The van der Waals surface area contributed by atoms with Gasteiger partial charge in [-0.25, -0.2) is 0 Å². The molecule has 12 heavy (non-hydrogen) atoms. The predicted octanol–water partition coefficient (Wildman–Crippen LogP) is 0.134. The van der Waals surface area contributed by atoms with Crippen molar-refractivity contribution in [1.29, 1.82) is 0 Å². The minimum absolute atomic E-state index is 0.226. The van der Waals surface area contributed by atoms with Gasteiger partial charge in [-0.05, 0) is 6.07 Å². The number of phenolic OH excluding ortho intramolecular Hbond substituents is 1. The van der Waals surface area contributed by atoms with Crippen LogP contribution >= 0.6 is 0 Å². The Kier molecular flexibility index (Phi) is 2.02. The Morgan fingerprint density at radius 3 is 2.50 bits per heavy atom. The van der Waals surface area contributed by atoms with Crippen LogP contribution in [0.25, 0.3) is 0 Å². The van der Waals surface area contributed by atoms with Gasteiger partial charge in [0.05, 0.1) is 13.2 Å². The van der Waals surface area contributed by atoms with E-state index in [9.17, 15) is 5.11 Å². The van der Waals surface area contributed by atoms with E-state index in [0.717, 1.165) is 0 Å². The van der Waals surface area contributed by atoms with Crippen molar-refractivity contribution in [3.63, 3.8) is 0 Å². The Morgan fingerprint density at radius 2 is 1.83 bits per heavy atom. The first kappa shape index (κ1) is 7.64. The van der Waals surface area contributed by atoms with Gasteiger partial charge in [-0.15, -0.1) is 0 Å². The highest BCUT2D eigenvalue weighted by molar-refractivity contribution is 6.62. The molecule has 1 heterocycles. The van der Waals surface area contributed by atoms with Crippen molar-refractivity contribution in [3.05, 3.63) is 24.3 Å². The van der Waals surface area contributed by atoms with Crippen molar-refractivity contribution < 1.29 is 14.4 Å². The molecule has 4 heteroatoms. The highest BCUT2D eigenvalue weighted by atomic mass is 16.6. The summed E-state index contributed by atoms with van der Waals surface area (Å²) in [6.45, 7) is 1.19. The molecule has 0 saturated carbocycles. The normalized spacial score (nSPS) is 16.8. The third-order valence-corrected chi connectivity index (χ3v) is 1.81. The van der Waals surface area contributed by atoms with Crippen LogP contribution in [0.2, 0.25) is 0 Å². The third-order valence-electron chi connectivity index (χ3n) is 1.81. The Bertz CT molecular complexity index is 271. The Balaban J connectivity index is 2.26. The number of benzene rings is 1. The zero-order valence-electron chi connectivity index (χ0n) is 6.56. The van der Waals surface area contributed by atoms with Crippen LogP contribution in [0.1, 0.15) is 0 Å². The standard InChI is InChI=1S/C8H9BO3/c10-8-4-2-1-3-7(8)9-11-5-6-12-9/h1-4,10H,5-6H2. The van der Waals surface area contributed by atoms with Crippen molar-refractivity contribution >= 4 is 12.6 Å². The van der Waals surface area contributed by atoms with E-state index in [2.05, 4.69) is 0 Å². The van der Waals surface area contributed by atoms with E-state index in [1.54, 1.807) is 18.2 Å². The van der Waals surface area contributed by atoms with E-state index in [1.807, 2.05) is 6.07 Å². The first-order valence-electron chi connectivity index (χ1n) is 3.89. The van der Waals surface area contributed by atoms with E-state index in [0.29, 0.717) is 18.7 Å². The topological polar surface area (TPSA) is 38.7 Å². The second kappa shape index (κ2) is 3.17. The molecule has 1 aromatic rings. The summed E-state index contributed by atoms with van der Waals surface area (Å²) in [5.74, 6) is 0.226. The van der Waals surface area contributed by atoms with E-state index in [1.165, 1.54) is 0 Å². The van der Waals surface area contributed by atoms with Gasteiger partial charge in [0.15, 0.2) is 0 Å². The first-order chi connectivity index (χ1) is 5.88. The van der Waals surface area contributed by atoms with E-state index < -0.39 is 0 Å². The van der Waals surface area contributed by atoms with Gasteiger partial charge in [0.1, 0.15) is 5.75 Å². The van der Waals surface area contributed by atoms with Crippen molar-refractivity contribution in [3.8, 4) is 5.75 Å².